The molecular weight excluding hydrogens is 262 g/mol. The third-order valence-corrected chi connectivity index (χ3v) is 2.62. The monoisotopic (exact) mass is 273 g/mol. The molecule has 1 aromatic carbocycles. The Labute approximate surface area is 114 Å². The zero-order valence-electron chi connectivity index (χ0n) is 10.3. The summed E-state index contributed by atoms with van der Waals surface area (Å²) < 4.78 is 0. The molecule has 0 aliphatic heterocycles. The van der Waals surface area contributed by atoms with Crippen LogP contribution in [0.5, 0.6) is 0 Å². The summed E-state index contributed by atoms with van der Waals surface area (Å²) in [5, 5.41) is 22.7. The Bertz CT molecular complexity index is 643. The van der Waals surface area contributed by atoms with Crippen LogP contribution in [-0.4, -0.2) is 21.0 Å². The summed E-state index contributed by atoms with van der Waals surface area (Å²) in [7, 11) is 0. The molecule has 0 saturated carbocycles. The normalized spacial score (nSPS) is 10.0. The lowest BCUT2D eigenvalue weighted by atomic mass is 10.1. The number of nitrogens with one attached hydrogen (secondary N) is 1. The van der Waals surface area contributed by atoms with Gasteiger partial charge in [0.25, 0.3) is 5.69 Å². The molecule has 2 aromatic rings. The molecule has 20 heavy (non-hydrogen) atoms. The first-order valence-electron chi connectivity index (χ1n) is 5.73. The minimum atomic E-state index is -1.33. The van der Waals surface area contributed by atoms with Crippen LogP contribution < -0.4 is 5.32 Å². The highest BCUT2D eigenvalue weighted by atomic mass is 16.6. The van der Waals surface area contributed by atoms with Gasteiger partial charge in [0.05, 0.1) is 17.2 Å². The fraction of sp³-hybridized carbons (Fsp3) is 0.0769. The summed E-state index contributed by atoms with van der Waals surface area (Å²) in [6, 6.07) is 9.33. The van der Waals surface area contributed by atoms with Crippen molar-refractivity contribution in [1.29, 1.82) is 0 Å². The van der Waals surface area contributed by atoms with E-state index in [0.29, 0.717) is 12.2 Å². The number of nitrogens with zero attached hydrogens (tertiary/aromatic N) is 2. The van der Waals surface area contributed by atoms with Gasteiger partial charge in [0, 0.05) is 18.0 Å². The van der Waals surface area contributed by atoms with Crippen LogP contribution >= 0.6 is 0 Å². The Balaban J connectivity index is 2.19. The molecule has 0 spiro atoms. The predicted octanol–water partition coefficient (Wildman–Crippen LogP) is 2.30. The van der Waals surface area contributed by atoms with E-state index >= 15 is 0 Å². The molecule has 0 radical (unpaired) electrons. The molecule has 102 valence electrons. The van der Waals surface area contributed by atoms with E-state index in [1.165, 1.54) is 18.2 Å². The second-order valence-corrected chi connectivity index (χ2v) is 3.97. The number of benzene rings is 1. The van der Waals surface area contributed by atoms with Gasteiger partial charge in [0.2, 0.25) is 0 Å². The third kappa shape index (κ3) is 3.08. The maximum atomic E-state index is 10.9. The number of nitro groups is 1. The lowest BCUT2D eigenvalue weighted by Crippen LogP contribution is -2.05. The minimum absolute atomic E-state index is 0.335. The second kappa shape index (κ2) is 5.79. The zero-order chi connectivity index (χ0) is 14.5. The van der Waals surface area contributed by atoms with Crippen molar-refractivity contribution in [3.63, 3.8) is 0 Å². The molecule has 2 rings (SSSR count). The van der Waals surface area contributed by atoms with Crippen LogP contribution in [0.15, 0.2) is 42.6 Å². The van der Waals surface area contributed by atoms with Gasteiger partial charge in [-0.05, 0) is 24.3 Å². The third-order valence-electron chi connectivity index (χ3n) is 2.62. The number of carbonyl (C=O) groups is 1. The second-order valence-electron chi connectivity index (χ2n) is 3.97. The van der Waals surface area contributed by atoms with Crippen molar-refractivity contribution < 1.29 is 14.8 Å². The first-order valence-corrected chi connectivity index (χ1v) is 5.73. The van der Waals surface area contributed by atoms with Crippen molar-refractivity contribution in [3.8, 4) is 0 Å². The Hall–Kier alpha value is -2.96. The average Bonchev–Trinajstić information content (AvgIpc) is 2.45. The fourth-order valence-corrected chi connectivity index (χ4v) is 1.67. The van der Waals surface area contributed by atoms with E-state index in [0.717, 1.165) is 5.69 Å². The van der Waals surface area contributed by atoms with Crippen molar-refractivity contribution in [2.45, 2.75) is 6.54 Å². The van der Waals surface area contributed by atoms with Gasteiger partial charge in [-0.1, -0.05) is 6.07 Å². The lowest BCUT2D eigenvalue weighted by Gasteiger charge is -2.06. The number of aromatic nitrogens is 1. The van der Waals surface area contributed by atoms with E-state index in [4.69, 9.17) is 5.11 Å². The molecule has 1 aromatic heterocycles. The predicted molar refractivity (Wildman–Crippen MR) is 71.6 cm³/mol. The van der Waals surface area contributed by atoms with Gasteiger partial charge < -0.3 is 10.4 Å². The van der Waals surface area contributed by atoms with Crippen LogP contribution in [0.25, 0.3) is 0 Å². The standard InChI is InChI=1S/C13H11N3O4/c17-13(18)11-5-4-9(7-12(11)16(19)20)15-8-10-3-1-2-6-14-10/h1-7,15H,8H2,(H,17,18). The van der Waals surface area contributed by atoms with Crippen LogP contribution in [-0.2, 0) is 6.54 Å². The summed E-state index contributed by atoms with van der Waals surface area (Å²) in [4.78, 5) is 25.1. The van der Waals surface area contributed by atoms with Crippen LogP contribution in [0.4, 0.5) is 11.4 Å². The topological polar surface area (TPSA) is 105 Å². The summed E-state index contributed by atoms with van der Waals surface area (Å²) in [5.74, 6) is -1.33. The average molecular weight is 273 g/mol. The molecule has 0 fully saturated rings. The highest BCUT2D eigenvalue weighted by Crippen LogP contribution is 2.23. The van der Waals surface area contributed by atoms with E-state index < -0.39 is 16.6 Å². The van der Waals surface area contributed by atoms with E-state index in [-0.39, 0.29) is 5.56 Å². The maximum Gasteiger partial charge on any atom is 0.342 e. The van der Waals surface area contributed by atoms with Gasteiger partial charge in [-0.15, -0.1) is 0 Å². The van der Waals surface area contributed by atoms with Crippen molar-refractivity contribution in [2.75, 3.05) is 5.32 Å². The number of anilines is 1. The van der Waals surface area contributed by atoms with Crippen LogP contribution in [0.3, 0.4) is 0 Å². The molecule has 0 unspecified atom stereocenters. The number of hydrogen-bond acceptors (Lipinski definition) is 5. The number of nitro benzene ring substituents is 1. The molecule has 1 heterocycles. The SMILES string of the molecule is O=C(O)c1ccc(NCc2ccccn2)cc1[N+](=O)[O-]. The molecule has 0 bridgehead atoms. The van der Waals surface area contributed by atoms with Crippen molar-refractivity contribution in [2.24, 2.45) is 0 Å². The molecule has 0 aliphatic rings. The fourth-order valence-electron chi connectivity index (χ4n) is 1.67. The van der Waals surface area contributed by atoms with Crippen molar-refractivity contribution in [1.82, 2.24) is 4.98 Å². The molecule has 0 saturated heterocycles. The van der Waals surface area contributed by atoms with Gasteiger partial charge in [0.15, 0.2) is 0 Å². The van der Waals surface area contributed by atoms with Gasteiger partial charge in [-0.3, -0.25) is 15.1 Å². The summed E-state index contributed by atoms with van der Waals surface area (Å²) >= 11 is 0. The first-order chi connectivity index (χ1) is 9.58. The van der Waals surface area contributed by atoms with Crippen molar-refractivity contribution in [3.05, 3.63) is 64.0 Å². The Morgan fingerprint density at radius 1 is 1.35 bits per heavy atom. The Kier molecular flexibility index (Phi) is 3.90. The van der Waals surface area contributed by atoms with Crippen LogP contribution in [0.2, 0.25) is 0 Å². The van der Waals surface area contributed by atoms with E-state index in [2.05, 4.69) is 10.3 Å². The Morgan fingerprint density at radius 2 is 2.15 bits per heavy atom. The number of rotatable bonds is 5. The largest absolute Gasteiger partial charge is 0.477 e. The van der Waals surface area contributed by atoms with Gasteiger partial charge in [-0.25, -0.2) is 4.79 Å². The molecule has 0 amide bonds. The highest BCUT2D eigenvalue weighted by Gasteiger charge is 2.19. The summed E-state index contributed by atoms with van der Waals surface area (Å²) in [6.07, 6.45) is 1.65. The molecule has 2 N–H and O–H groups in total. The molecule has 7 heteroatoms. The lowest BCUT2D eigenvalue weighted by molar-refractivity contribution is -0.385. The van der Waals surface area contributed by atoms with Crippen molar-refractivity contribution >= 4 is 17.3 Å². The number of aromatic carboxylic acids is 1. The molecular formula is C13H11N3O4. The molecule has 0 atom stereocenters. The maximum absolute atomic E-state index is 10.9. The van der Waals surface area contributed by atoms with Gasteiger partial charge >= 0.3 is 5.97 Å². The van der Waals surface area contributed by atoms with Crippen LogP contribution in [0.1, 0.15) is 16.1 Å². The van der Waals surface area contributed by atoms with Gasteiger partial charge in [-0.2, -0.15) is 0 Å². The summed E-state index contributed by atoms with van der Waals surface area (Å²) in [6.45, 7) is 0.393. The zero-order valence-corrected chi connectivity index (χ0v) is 10.3. The summed E-state index contributed by atoms with van der Waals surface area (Å²) in [5.41, 5.74) is 0.465. The van der Waals surface area contributed by atoms with Crippen LogP contribution in [0, 0.1) is 10.1 Å². The molecule has 0 aliphatic carbocycles. The van der Waals surface area contributed by atoms with E-state index in [1.807, 2.05) is 12.1 Å². The van der Waals surface area contributed by atoms with Gasteiger partial charge in [0.1, 0.15) is 5.56 Å². The smallest absolute Gasteiger partial charge is 0.342 e. The van der Waals surface area contributed by atoms with E-state index in [9.17, 15) is 14.9 Å². The first kappa shape index (κ1) is 13.5. The quantitative estimate of drug-likeness (QED) is 0.639. The number of pyridine rings is 1. The number of carboxylic acids is 1. The molecule has 7 nitrogen and oxygen atoms in total. The Morgan fingerprint density at radius 3 is 2.75 bits per heavy atom. The van der Waals surface area contributed by atoms with E-state index in [1.54, 1.807) is 12.3 Å². The number of carboxylic acid groups (broad SMARTS) is 1. The number of hydrogen-bond donors (Lipinski definition) is 2. The highest BCUT2D eigenvalue weighted by molar-refractivity contribution is 5.93. The minimum Gasteiger partial charge on any atom is -0.477 e.